The molecule has 0 spiro atoms. The molecule has 23 heavy (non-hydrogen) atoms. The predicted octanol–water partition coefficient (Wildman–Crippen LogP) is 4.24. The number of rotatable bonds is 6. The van der Waals surface area contributed by atoms with Crippen molar-refractivity contribution >= 4 is 23.2 Å². The maximum atomic E-state index is 12.1. The summed E-state index contributed by atoms with van der Waals surface area (Å²) >= 11 is 5.92. The van der Waals surface area contributed by atoms with Crippen LogP contribution in [-0.2, 0) is 11.2 Å². The van der Waals surface area contributed by atoms with Crippen LogP contribution in [0.1, 0.15) is 17.5 Å². The molecule has 0 heterocycles. The number of anilines is 1. The van der Waals surface area contributed by atoms with Crippen molar-refractivity contribution in [2.75, 3.05) is 19.5 Å². The highest BCUT2D eigenvalue weighted by molar-refractivity contribution is 6.30. The Bertz CT molecular complexity index is 678. The van der Waals surface area contributed by atoms with Gasteiger partial charge < -0.3 is 14.8 Å². The molecule has 2 rings (SSSR count). The average molecular weight is 334 g/mol. The van der Waals surface area contributed by atoms with Gasteiger partial charge in [0.1, 0.15) is 11.5 Å². The van der Waals surface area contributed by atoms with E-state index in [1.165, 1.54) is 0 Å². The molecule has 0 aliphatic heterocycles. The van der Waals surface area contributed by atoms with E-state index < -0.39 is 0 Å². The second kappa shape index (κ2) is 7.88. The molecule has 1 N–H and O–H groups in total. The van der Waals surface area contributed by atoms with Crippen LogP contribution in [0.2, 0.25) is 5.02 Å². The highest BCUT2D eigenvalue weighted by Gasteiger charge is 2.08. The number of nitrogens with one attached hydrogen (secondary N) is 1. The molecule has 4 nitrogen and oxygen atoms in total. The van der Waals surface area contributed by atoms with Crippen molar-refractivity contribution in [2.24, 2.45) is 0 Å². The Labute approximate surface area is 141 Å². The van der Waals surface area contributed by atoms with Crippen LogP contribution in [0.5, 0.6) is 11.5 Å². The number of hydrogen-bond acceptors (Lipinski definition) is 3. The van der Waals surface area contributed by atoms with Crippen LogP contribution in [0.15, 0.2) is 36.4 Å². The molecule has 0 aliphatic carbocycles. The topological polar surface area (TPSA) is 47.6 Å². The first-order valence-electron chi connectivity index (χ1n) is 7.30. The summed E-state index contributed by atoms with van der Waals surface area (Å²) in [7, 11) is 3.21. The first-order valence-corrected chi connectivity index (χ1v) is 7.67. The third-order valence-corrected chi connectivity index (χ3v) is 3.75. The Hall–Kier alpha value is -2.20. The van der Waals surface area contributed by atoms with Crippen molar-refractivity contribution in [1.29, 1.82) is 0 Å². The third kappa shape index (κ3) is 4.89. The van der Waals surface area contributed by atoms with E-state index in [1.54, 1.807) is 26.4 Å². The average Bonchev–Trinajstić information content (AvgIpc) is 2.55. The van der Waals surface area contributed by atoms with Crippen LogP contribution in [0.3, 0.4) is 0 Å². The minimum Gasteiger partial charge on any atom is -0.497 e. The van der Waals surface area contributed by atoms with Crippen LogP contribution >= 0.6 is 11.6 Å². The van der Waals surface area contributed by atoms with Gasteiger partial charge in [0.15, 0.2) is 0 Å². The van der Waals surface area contributed by atoms with Gasteiger partial charge in [0.05, 0.1) is 14.2 Å². The number of amides is 1. The van der Waals surface area contributed by atoms with Gasteiger partial charge in [-0.3, -0.25) is 4.79 Å². The lowest BCUT2D eigenvalue weighted by Gasteiger charge is -2.10. The fourth-order valence-electron chi connectivity index (χ4n) is 2.25. The number of halogens is 1. The van der Waals surface area contributed by atoms with E-state index in [2.05, 4.69) is 5.32 Å². The summed E-state index contributed by atoms with van der Waals surface area (Å²) in [5, 5.41) is 3.56. The quantitative estimate of drug-likeness (QED) is 0.860. The highest BCUT2D eigenvalue weighted by atomic mass is 35.5. The van der Waals surface area contributed by atoms with Crippen molar-refractivity contribution < 1.29 is 14.3 Å². The van der Waals surface area contributed by atoms with Crippen LogP contribution in [-0.4, -0.2) is 20.1 Å². The van der Waals surface area contributed by atoms with E-state index in [-0.39, 0.29) is 5.91 Å². The van der Waals surface area contributed by atoms with Gasteiger partial charge in [-0.1, -0.05) is 11.6 Å². The molecule has 5 heteroatoms. The monoisotopic (exact) mass is 333 g/mol. The van der Waals surface area contributed by atoms with Crippen LogP contribution < -0.4 is 14.8 Å². The summed E-state index contributed by atoms with van der Waals surface area (Å²) in [6.07, 6.45) is 0.977. The smallest absolute Gasteiger partial charge is 0.224 e. The molecule has 1 amide bonds. The first-order chi connectivity index (χ1) is 11.0. The molecule has 122 valence electrons. The van der Waals surface area contributed by atoms with Crippen LogP contribution in [0.4, 0.5) is 5.69 Å². The van der Waals surface area contributed by atoms with Crippen molar-refractivity contribution in [3.8, 4) is 11.5 Å². The number of carbonyl (C=O) groups excluding carboxylic acids is 1. The summed E-state index contributed by atoms with van der Waals surface area (Å²) in [6.45, 7) is 1.91. The predicted molar refractivity (Wildman–Crippen MR) is 92.7 cm³/mol. The van der Waals surface area contributed by atoms with Gasteiger partial charge in [-0.2, -0.15) is 0 Å². The molecular formula is C18H20ClNO3. The second-order valence-electron chi connectivity index (χ2n) is 5.23. The van der Waals surface area contributed by atoms with E-state index in [4.69, 9.17) is 21.1 Å². The van der Waals surface area contributed by atoms with Crippen LogP contribution in [0, 0.1) is 6.92 Å². The zero-order chi connectivity index (χ0) is 16.8. The van der Waals surface area contributed by atoms with E-state index in [9.17, 15) is 4.79 Å². The SMILES string of the molecule is COc1cc(CCC(=O)Nc2ccc(Cl)cc2C)cc(OC)c1. The molecule has 0 fully saturated rings. The number of benzene rings is 2. The van der Waals surface area contributed by atoms with E-state index in [0.717, 1.165) is 16.8 Å². The third-order valence-electron chi connectivity index (χ3n) is 3.51. The lowest BCUT2D eigenvalue weighted by atomic mass is 10.1. The van der Waals surface area contributed by atoms with Gasteiger partial charge in [0.2, 0.25) is 5.91 Å². The fraction of sp³-hybridized carbons (Fsp3) is 0.278. The minimum atomic E-state index is -0.0443. The first kappa shape index (κ1) is 17.2. The van der Waals surface area contributed by atoms with Gasteiger partial charge in [-0.05, 0) is 54.8 Å². The summed E-state index contributed by atoms with van der Waals surface area (Å²) in [6, 6.07) is 11.0. The van der Waals surface area contributed by atoms with Crippen molar-refractivity contribution in [2.45, 2.75) is 19.8 Å². The van der Waals surface area contributed by atoms with E-state index in [1.807, 2.05) is 31.2 Å². The number of hydrogen-bond donors (Lipinski definition) is 1. The molecule has 0 aliphatic rings. The molecule has 2 aromatic carbocycles. The summed E-state index contributed by atoms with van der Waals surface area (Å²) in [5.74, 6) is 1.39. The molecule has 0 saturated heterocycles. The van der Waals surface area contributed by atoms with Gasteiger partial charge in [0, 0.05) is 23.2 Å². The standard InChI is InChI=1S/C18H20ClNO3/c1-12-8-14(19)5-6-17(12)20-18(21)7-4-13-9-15(22-2)11-16(10-13)23-3/h5-6,8-11H,4,7H2,1-3H3,(H,20,21). The molecule has 0 bridgehead atoms. The Morgan fingerprint density at radius 3 is 2.30 bits per heavy atom. The lowest BCUT2D eigenvalue weighted by molar-refractivity contribution is -0.116. The molecule has 0 saturated carbocycles. The molecule has 0 aromatic heterocycles. The Kier molecular flexibility index (Phi) is 5.88. The normalized spacial score (nSPS) is 10.3. The Balaban J connectivity index is 1.99. The van der Waals surface area contributed by atoms with Crippen molar-refractivity contribution in [3.63, 3.8) is 0 Å². The largest absolute Gasteiger partial charge is 0.497 e. The van der Waals surface area contributed by atoms with Gasteiger partial charge in [0.25, 0.3) is 0 Å². The van der Waals surface area contributed by atoms with Gasteiger partial charge >= 0.3 is 0 Å². The summed E-state index contributed by atoms with van der Waals surface area (Å²) < 4.78 is 10.5. The summed E-state index contributed by atoms with van der Waals surface area (Å²) in [5.41, 5.74) is 2.71. The maximum absolute atomic E-state index is 12.1. The zero-order valence-electron chi connectivity index (χ0n) is 13.5. The maximum Gasteiger partial charge on any atom is 0.224 e. The Morgan fingerprint density at radius 2 is 1.74 bits per heavy atom. The highest BCUT2D eigenvalue weighted by Crippen LogP contribution is 2.24. The lowest BCUT2D eigenvalue weighted by Crippen LogP contribution is -2.13. The van der Waals surface area contributed by atoms with Crippen molar-refractivity contribution in [1.82, 2.24) is 0 Å². The zero-order valence-corrected chi connectivity index (χ0v) is 14.2. The van der Waals surface area contributed by atoms with Crippen molar-refractivity contribution in [3.05, 3.63) is 52.5 Å². The molecule has 0 atom stereocenters. The number of ether oxygens (including phenoxy) is 2. The molecule has 0 unspecified atom stereocenters. The molecular weight excluding hydrogens is 314 g/mol. The van der Waals surface area contributed by atoms with E-state index >= 15 is 0 Å². The summed E-state index contributed by atoms with van der Waals surface area (Å²) in [4.78, 5) is 12.1. The Morgan fingerprint density at radius 1 is 1.09 bits per heavy atom. The van der Waals surface area contributed by atoms with E-state index in [0.29, 0.717) is 29.4 Å². The van der Waals surface area contributed by atoms with Gasteiger partial charge in [-0.15, -0.1) is 0 Å². The fourth-order valence-corrected chi connectivity index (χ4v) is 2.48. The number of methoxy groups -OCH3 is 2. The van der Waals surface area contributed by atoms with Gasteiger partial charge in [-0.25, -0.2) is 0 Å². The minimum absolute atomic E-state index is 0.0443. The number of aryl methyl sites for hydroxylation is 2. The molecule has 2 aromatic rings. The molecule has 0 radical (unpaired) electrons. The van der Waals surface area contributed by atoms with Crippen LogP contribution in [0.25, 0.3) is 0 Å². The second-order valence-corrected chi connectivity index (χ2v) is 5.66. The number of carbonyl (C=O) groups is 1.